The van der Waals surface area contributed by atoms with Crippen LogP contribution in [0, 0.1) is 12.7 Å². The molecular formula is C25H28FN5O3. The van der Waals surface area contributed by atoms with Gasteiger partial charge in [0, 0.05) is 45.0 Å². The molecule has 178 valence electrons. The molecule has 2 fully saturated rings. The Morgan fingerprint density at radius 3 is 2.85 bits per heavy atom. The van der Waals surface area contributed by atoms with Crippen LogP contribution in [-0.2, 0) is 4.74 Å². The normalized spacial score (nSPS) is 19.4. The monoisotopic (exact) mass is 465 g/mol. The van der Waals surface area contributed by atoms with Crippen molar-refractivity contribution in [3.8, 4) is 5.88 Å². The van der Waals surface area contributed by atoms with E-state index in [0.717, 1.165) is 49.3 Å². The Bertz CT molecular complexity index is 1210. The lowest BCUT2D eigenvalue weighted by Crippen LogP contribution is -2.37. The third-order valence-electron chi connectivity index (χ3n) is 6.48. The molecule has 9 heteroatoms. The molecule has 0 N–H and O–H groups in total. The van der Waals surface area contributed by atoms with Crippen LogP contribution in [0.15, 0.2) is 42.6 Å². The van der Waals surface area contributed by atoms with Crippen LogP contribution in [0.25, 0.3) is 11.0 Å². The Balaban J connectivity index is 1.24. The van der Waals surface area contributed by atoms with E-state index in [1.54, 1.807) is 26.2 Å². The van der Waals surface area contributed by atoms with E-state index in [0.29, 0.717) is 30.2 Å². The molecule has 4 heterocycles. The molecular weight excluding hydrogens is 437 g/mol. The molecule has 0 radical (unpaired) electrons. The summed E-state index contributed by atoms with van der Waals surface area (Å²) in [5.41, 5.74) is 3.80. The largest absolute Gasteiger partial charge is 0.481 e. The number of carbonyl (C=O) groups is 1. The van der Waals surface area contributed by atoms with Crippen molar-refractivity contribution in [2.24, 2.45) is 0 Å². The number of rotatable bonds is 5. The molecule has 0 spiro atoms. The molecule has 0 bridgehead atoms. The topological polar surface area (TPSA) is 71.0 Å². The minimum atomic E-state index is -0.423. The van der Waals surface area contributed by atoms with Gasteiger partial charge in [-0.2, -0.15) is 0 Å². The molecule has 1 atom stereocenters. The molecule has 34 heavy (non-hydrogen) atoms. The Morgan fingerprint density at radius 2 is 2.03 bits per heavy atom. The lowest BCUT2D eigenvalue weighted by molar-refractivity contribution is 0.111. The fourth-order valence-electron chi connectivity index (χ4n) is 4.62. The van der Waals surface area contributed by atoms with E-state index in [9.17, 15) is 9.18 Å². The average Bonchev–Trinajstić information content (AvgIpc) is 3.05. The van der Waals surface area contributed by atoms with E-state index in [-0.39, 0.29) is 11.9 Å². The first-order chi connectivity index (χ1) is 16.5. The van der Waals surface area contributed by atoms with E-state index in [1.165, 1.54) is 11.0 Å². The van der Waals surface area contributed by atoms with Crippen molar-refractivity contribution < 1.29 is 18.7 Å². The highest BCUT2D eigenvalue weighted by atomic mass is 19.1. The summed E-state index contributed by atoms with van der Waals surface area (Å²) < 4.78 is 24.9. The summed E-state index contributed by atoms with van der Waals surface area (Å²) in [6.45, 7) is 6.23. The molecule has 2 aliphatic heterocycles. The number of aryl methyl sites for hydroxylation is 1. The number of nitrogens with zero attached hydrogens (tertiary/aromatic N) is 5. The van der Waals surface area contributed by atoms with E-state index in [4.69, 9.17) is 9.47 Å². The van der Waals surface area contributed by atoms with Crippen molar-refractivity contribution in [3.05, 3.63) is 54.0 Å². The van der Waals surface area contributed by atoms with Crippen LogP contribution < -0.4 is 14.5 Å². The van der Waals surface area contributed by atoms with Crippen molar-refractivity contribution in [1.82, 2.24) is 14.9 Å². The number of methoxy groups -OCH3 is 1. The van der Waals surface area contributed by atoms with Crippen LogP contribution >= 0.6 is 0 Å². The second-order valence-corrected chi connectivity index (χ2v) is 8.74. The number of benzene rings is 1. The molecule has 2 saturated heterocycles. The highest BCUT2D eigenvalue weighted by molar-refractivity contribution is 5.90. The van der Waals surface area contributed by atoms with Gasteiger partial charge in [-0.15, -0.1) is 0 Å². The summed E-state index contributed by atoms with van der Waals surface area (Å²) in [5.74, 6) is 0.247. The number of aromatic nitrogens is 2. The molecule has 1 aromatic carbocycles. The second kappa shape index (κ2) is 9.42. The number of anilines is 2. The highest BCUT2D eigenvalue weighted by Gasteiger charge is 2.34. The maximum absolute atomic E-state index is 14.0. The third kappa shape index (κ3) is 4.48. The summed E-state index contributed by atoms with van der Waals surface area (Å²) in [6, 6.07) is 10.6. The first-order valence-corrected chi connectivity index (χ1v) is 11.5. The Morgan fingerprint density at radius 1 is 1.15 bits per heavy atom. The molecule has 1 unspecified atom stereocenters. The Kier molecular flexibility index (Phi) is 6.19. The molecule has 2 aliphatic rings. The number of pyridine rings is 2. The van der Waals surface area contributed by atoms with Gasteiger partial charge in [0.25, 0.3) is 0 Å². The molecule has 0 saturated carbocycles. The van der Waals surface area contributed by atoms with Crippen LogP contribution in [0.5, 0.6) is 5.88 Å². The second-order valence-electron chi connectivity index (χ2n) is 8.74. The summed E-state index contributed by atoms with van der Waals surface area (Å²) in [4.78, 5) is 27.7. The maximum Gasteiger partial charge on any atom is 0.414 e. The number of hydrogen-bond donors (Lipinski definition) is 0. The minimum absolute atomic E-state index is 0.254. The summed E-state index contributed by atoms with van der Waals surface area (Å²) >= 11 is 0. The molecule has 8 nitrogen and oxygen atoms in total. The fourth-order valence-corrected chi connectivity index (χ4v) is 4.62. The Labute approximate surface area is 197 Å². The van der Waals surface area contributed by atoms with Gasteiger partial charge in [0.1, 0.15) is 17.4 Å². The standard InChI is InChI=1S/C25H28FN5O3/c1-17-4-5-18(14-20(17)26)31-16-19(34-25(31)32)15-29-10-3-11-30(13-12-29)22-8-9-27-21-6-7-23(33-2)28-24(21)22/h4-9,14,19H,3,10-13,15-16H2,1-2H3. The third-order valence-corrected chi connectivity index (χ3v) is 6.48. The van der Waals surface area contributed by atoms with Gasteiger partial charge in [-0.3, -0.25) is 14.8 Å². The van der Waals surface area contributed by atoms with Gasteiger partial charge in [0.05, 0.1) is 30.5 Å². The number of halogens is 1. The molecule has 5 rings (SSSR count). The lowest BCUT2D eigenvalue weighted by atomic mass is 10.2. The number of amides is 1. The van der Waals surface area contributed by atoms with Gasteiger partial charge in [0.15, 0.2) is 0 Å². The molecule has 1 amide bonds. The van der Waals surface area contributed by atoms with Gasteiger partial charge in [-0.25, -0.2) is 14.2 Å². The number of ether oxygens (including phenoxy) is 2. The zero-order valence-corrected chi connectivity index (χ0v) is 19.4. The maximum atomic E-state index is 14.0. The molecule has 3 aromatic rings. The van der Waals surface area contributed by atoms with Crippen molar-refractivity contribution in [2.75, 3.05) is 56.2 Å². The van der Waals surface area contributed by atoms with Gasteiger partial charge in [-0.1, -0.05) is 6.07 Å². The number of cyclic esters (lactones) is 1. The SMILES string of the molecule is COc1ccc2nccc(N3CCCN(CC4CN(c5ccc(C)c(F)c5)C(=O)O4)CC3)c2n1. The number of hydrogen-bond acceptors (Lipinski definition) is 7. The first kappa shape index (κ1) is 22.3. The highest BCUT2D eigenvalue weighted by Crippen LogP contribution is 2.27. The van der Waals surface area contributed by atoms with Crippen molar-refractivity contribution in [1.29, 1.82) is 0 Å². The fraction of sp³-hybridized carbons (Fsp3) is 0.400. The summed E-state index contributed by atoms with van der Waals surface area (Å²) in [5, 5.41) is 0. The van der Waals surface area contributed by atoms with Crippen LogP contribution in [0.2, 0.25) is 0 Å². The van der Waals surface area contributed by atoms with Gasteiger partial charge >= 0.3 is 6.09 Å². The van der Waals surface area contributed by atoms with Gasteiger partial charge in [-0.05, 0) is 43.2 Å². The van der Waals surface area contributed by atoms with Crippen LogP contribution in [-0.4, -0.2) is 73.4 Å². The quantitative estimate of drug-likeness (QED) is 0.570. The molecule has 0 aliphatic carbocycles. The predicted octanol–water partition coefficient (Wildman–Crippen LogP) is 3.62. The lowest BCUT2D eigenvalue weighted by Gasteiger charge is -2.25. The van der Waals surface area contributed by atoms with Crippen molar-refractivity contribution in [3.63, 3.8) is 0 Å². The van der Waals surface area contributed by atoms with E-state index >= 15 is 0 Å². The van der Waals surface area contributed by atoms with Crippen LogP contribution in [0.3, 0.4) is 0 Å². The summed E-state index contributed by atoms with van der Waals surface area (Å²) in [6.07, 6.45) is 2.11. The Hall–Kier alpha value is -3.46. The van der Waals surface area contributed by atoms with E-state index < -0.39 is 6.09 Å². The average molecular weight is 466 g/mol. The number of carbonyl (C=O) groups excluding carboxylic acids is 1. The zero-order valence-electron chi connectivity index (χ0n) is 19.4. The van der Waals surface area contributed by atoms with E-state index in [1.807, 2.05) is 24.4 Å². The zero-order chi connectivity index (χ0) is 23.7. The smallest absolute Gasteiger partial charge is 0.414 e. The first-order valence-electron chi connectivity index (χ1n) is 11.5. The predicted molar refractivity (Wildman–Crippen MR) is 128 cm³/mol. The van der Waals surface area contributed by atoms with Crippen molar-refractivity contribution >= 4 is 28.5 Å². The minimum Gasteiger partial charge on any atom is -0.481 e. The van der Waals surface area contributed by atoms with Crippen LogP contribution in [0.4, 0.5) is 20.6 Å². The van der Waals surface area contributed by atoms with Gasteiger partial charge < -0.3 is 14.4 Å². The van der Waals surface area contributed by atoms with Crippen LogP contribution in [0.1, 0.15) is 12.0 Å². The summed E-state index contributed by atoms with van der Waals surface area (Å²) in [7, 11) is 1.61. The van der Waals surface area contributed by atoms with Gasteiger partial charge in [0.2, 0.25) is 5.88 Å². The number of fused-ring (bicyclic) bond motifs is 1. The molecule has 2 aromatic heterocycles. The van der Waals surface area contributed by atoms with E-state index in [2.05, 4.69) is 19.8 Å². The van der Waals surface area contributed by atoms with Crippen molar-refractivity contribution in [2.45, 2.75) is 19.4 Å².